The molecule has 11 heteroatoms. The fourth-order valence-electron chi connectivity index (χ4n) is 4.42. The van der Waals surface area contributed by atoms with Gasteiger partial charge in [0.1, 0.15) is 28.2 Å². The minimum absolute atomic E-state index is 0.0160. The zero-order valence-corrected chi connectivity index (χ0v) is 20.0. The maximum absolute atomic E-state index is 13.0. The minimum atomic E-state index is -0.0669. The van der Waals surface area contributed by atoms with Gasteiger partial charge in [-0.25, -0.2) is 9.97 Å². The molecule has 1 aliphatic rings. The van der Waals surface area contributed by atoms with Gasteiger partial charge in [0.25, 0.3) is 0 Å². The van der Waals surface area contributed by atoms with Crippen molar-refractivity contribution in [3.8, 4) is 5.75 Å². The van der Waals surface area contributed by atoms with Crippen LogP contribution >= 0.6 is 22.9 Å². The Morgan fingerprint density at radius 1 is 1.36 bits per heavy atom. The second kappa shape index (κ2) is 9.16. The van der Waals surface area contributed by atoms with Crippen molar-refractivity contribution in [2.75, 3.05) is 32.1 Å². The molecule has 33 heavy (non-hydrogen) atoms. The fourth-order valence-corrected chi connectivity index (χ4v) is 6.27. The van der Waals surface area contributed by atoms with Crippen LogP contribution in [0.15, 0.2) is 18.5 Å². The Balaban J connectivity index is 1.48. The summed E-state index contributed by atoms with van der Waals surface area (Å²) in [5.41, 5.74) is 2.80. The van der Waals surface area contributed by atoms with Gasteiger partial charge in [0.05, 0.1) is 29.5 Å². The maximum atomic E-state index is 13.0. The van der Waals surface area contributed by atoms with Crippen LogP contribution in [0, 0.1) is 5.92 Å². The monoisotopic (exact) mass is 484 g/mol. The van der Waals surface area contributed by atoms with Crippen LogP contribution in [0.1, 0.15) is 23.8 Å². The molecule has 1 aromatic carbocycles. The Labute approximate surface area is 198 Å². The molecular weight excluding hydrogens is 460 g/mol. The van der Waals surface area contributed by atoms with E-state index in [-0.39, 0.29) is 18.4 Å². The van der Waals surface area contributed by atoms with Gasteiger partial charge in [-0.3, -0.25) is 4.79 Å². The standard InChI is InChI=1S/C22H24N6O3S2/c1-3-28(6-7-29)22(30)12-4-5-13-17(8-12)32-21-19(13)20(23-11-24-21)25-14-10-18-15(26-27-33-18)9-16(14)31-2/h9-12,29H,3-8H2,1-2H3,(H,23,24,25)/t12-/m0/s1. The van der Waals surface area contributed by atoms with E-state index in [0.717, 1.165) is 44.8 Å². The molecule has 0 spiro atoms. The number of aromatic nitrogens is 4. The number of carbonyl (C=O) groups is 1. The number of aryl methyl sites for hydroxylation is 1. The number of hydrogen-bond donors (Lipinski definition) is 2. The predicted octanol–water partition coefficient (Wildman–Crippen LogP) is 3.39. The Morgan fingerprint density at radius 2 is 2.24 bits per heavy atom. The first-order valence-electron chi connectivity index (χ1n) is 10.8. The van der Waals surface area contributed by atoms with E-state index >= 15 is 0 Å². The van der Waals surface area contributed by atoms with Crippen LogP contribution in [0.4, 0.5) is 11.5 Å². The number of carbonyl (C=O) groups excluding carboxylic acids is 1. The molecule has 0 fully saturated rings. The summed E-state index contributed by atoms with van der Waals surface area (Å²) in [5.74, 6) is 1.45. The molecule has 5 rings (SSSR count). The van der Waals surface area contributed by atoms with Crippen LogP contribution in [-0.2, 0) is 17.6 Å². The summed E-state index contributed by atoms with van der Waals surface area (Å²) in [7, 11) is 1.63. The molecular formula is C22H24N6O3S2. The first-order valence-corrected chi connectivity index (χ1v) is 12.4. The predicted molar refractivity (Wildman–Crippen MR) is 130 cm³/mol. The van der Waals surface area contributed by atoms with Crippen molar-refractivity contribution in [1.29, 1.82) is 0 Å². The lowest BCUT2D eigenvalue weighted by Crippen LogP contribution is -2.39. The van der Waals surface area contributed by atoms with Crippen LogP contribution < -0.4 is 10.1 Å². The maximum Gasteiger partial charge on any atom is 0.226 e. The van der Waals surface area contributed by atoms with Crippen molar-refractivity contribution < 1.29 is 14.6 Å². The van der Waals surface area contributed by atoms with Gasteiger partial charge in [-0.1, -0.05) is 4.49 Å². The molecule has 0 aliphatic heterocycles. The van der Waals surface area contributed by atoms with Gasteiger partial charge in [-0.15, -0.1) is 16.4 Å². The molecule has 2 N–H and O–H groups in total. The summed E-state index contributed by atoms with van der Waals surface area (Å²) in [5, 5.41) is 17.8. The van der Waals surface area contributed by atoms with E-state index < -0.39 is 0 Å². The number of aliphatic hydroxyl groups excluding tert-OH is 1. The molecule has 3 heterocycles. The van der Waals surface area contributed by atoms with Crippen LogP contribution in [0.5, 0.6) is 5.75 Å². The Kier molecular flexibility index (Phi) is 6.09. The highest BCUT2D eigenvalue weighted by Gasteiger charge is 2.31. The Morgan fingerprint density at radius 3 is 3.03 bits per heavy atom. The number of fused-ring (bicyclic) bond motifs is 4. The van der Waals surface area contributed by atoms with Crippen molar-refractivity contribution in [2.45, 2.75) is 26.2 Å². The SMILES string of the molecule is CCN(CCO)C(=O)[C@H]1CCc2c(sc3ncnc(Nc4cc5snnc5cc4OC)c23)C1. The summed E-state index contributed by atoms with van der Waals surface area (Å²) in [4.78, 5) is 25.9. The number of benzene rings is 1. The highest BCUT2D eigenvalue weighted by Crippen LogP contribution is 2.42. The molecule has 1 amide bonds. The van der Waals surface area contributed by atoms with Crippen LogP contribution in [0.2, 0.25) is 0 Å². The van der Waals surface area contributed by atoms with E-state index in [9.17, 15) is 9.90 Å². The van der Waals surface area contributed by atoms with Gasteiger partial charge >= 0.3 is 0 Å². The van der Waals surface area contributed by atoms with Gasteiger partial charge in [0.2, 0.25) is 5.91 Å². The van der Waals surface area contributed by atoms with Crippen LogP contribution in [0.25, 0.3) is 20.4 Å². The van der Waals surface area contributed by atoms with E-state index in [1.165, 1.54) is 22.0 Å². The lowest BCUT2D eigenvalue weighted by molar-refractivity contribution is -0.136. The van der Waals surface area contributed by atoms with Crippen molar-refractivity contribution >= 4 is 60.7 Å². The van der Waals surface area contributed by atoms with E-state index in [4.69, 9.17) is 4.74 Å². The molecule has 0 unspecified atom stereocenters. The number of nitrogens with one attached hydrogen (secondary N) is 1. The summed E-state index contributed by atoms with van der Waals surface area (Å²) >= 11 is 2.96. The topological polar surface area (TPSA) is 113 Å². The molecule has 4 aromatic rings. The second-order valence-corrected chi connectivity index (χ2v) is 9.77. The molecule has 9 nitrogen and oxygen atoms in total. The highest BCUT2D eigenvalue weighted by molar-refractivity contribution is 7.19. The molecule has 1 atom stereocenters. The normalized spacial score (nSPS) is 15.5. The molecule has 0 saturated carbocycles. The Bertz CT molecular complexity index is 1320. The molecule has 172 valence electrons. The van der Waals surface area contributed by atoms with Gasteiger partial charge in [-0.05, 0) is 49.3 Å². The van der Waals surface area contributed by atoms with Gasteiger partial charge in [0, 0.05) is 30.0 Å². The lowest BCUT2D eigenvalue weighted by atomic mass is 9.87. The van der Waals surface area contributed by atoms with Crippen molar-refractivity contribution in [2.24, 2.45) is 5.92 Å². The number of ether oxygens (including phenoxy) is 1. The number of amides is 1. The molecule has 0 bridgehead atoms. The number of aliphatic hydroxyl groups is 1. The number of nitrogens with zero attached hydrogens (tertiary/aromatic N) is 5. The molecule has 1 aliphatic carbocycles. The highest BCUT2D eigenvalue weighted by atomic mass is 32.1. The zero-order valence-electron chi connectivity index (χ0n) is 18.4. The summed E-state index contributed by atoms with van der Waals surface area (Å²) in [6.07, 6.45) is 3.82. The summed E-state index contributed by atoms with van der Waals surface area (Å²) in [6, 6.07) is 3.84. The van der Waals surface area contributed by atoms with Gasteiger partial charge < -0.3 is 20.1 Å². The smallest absolute Gasteiger partial charge is 0.226 e. The summed E-state index contributed by atoms with van der Waals surface area (Å²) in [6.45, 7) is 2.92. The minimum Gasteiger partial charge on any atom is -0.494 e. The van der Waals surface area contributed by atoms with Gasteiger partial charge in [0.15, 0.2) is 0 Å². The quantitative estimate of drug-likeness (QED) is 0.410. The lowest BCUT2D eigenvalue weighted by Gasteiger charge is -2.28. The van der Waals surface area contributed by atoms with Crippen molar-refractivity contribution in [3.05, 3.63) is 28.9 Å². The fraction of sp³-hybridized carbons (Fsp3) is 0.409. The first-order chi connectivity index (χ1) is 16.1. The number of likely N-dealkylation sites (N-methyl/N-ethyl adjacent to an activating group) is 1. The average Bonchev–Trinajstić information content (AvgIpc) is 3.45. The molecule has 0 saturated heterocycles. The van der Waals surface area contributed by atoms with Crippen molar-refractivity contribution in [3.63, 3.8) is 0 Å². The number of methoxy groups -OCH3 is 1. The number of anilines is 2. The van der Waals surface area contributed by atoms with E-state index in [2.05, 4.69) is 24.9 Å². The first kappa shape index (κ1) is 21.9. The molecule has 0 radical (unpaired) electrons. The number of rotatable bonds is 7. The van der Waals surface area contributed by atoms with Crippen LogP contribution in [0.3, 0.4) is 0 Å². The van der Waals surface area contributed by atoms with Crippen LogP contribution in [-0.4, -0.2) is 62.3 Å². The zero-order chi connectivity index (χ0) is 22.9. The third kappa shape index (κ3) is 4.00. The third-order valence-corrected chi connectivity index (χ3v) is 7.93. The van der Waals surface area contributed by atoms with E-state index in [1.54, 1.807) is 29.7 Å². The van der Waals surface area contributed by atoms with Gasteiger partial charge in [-0.2, -0.15) is 0 Å². The summed E-state index contributed by atoms with van der Waals surface area (Å²) < 4.78 is 10.5. The third-order valence-electron chi connectivity index (χ3n) is 6.08. The second-order valence-electron chi connectivity index (χ2n) is 7.91. The van der Waals surface area contributed by atoms with E-state index in [0.29, 0.717) is 25.3 Å². The largest absolute Gasteiger partial charge is 0.494 e. The number of thiophene rings is 1. The van der Waals surface area contributed by atoms with Crippen molar-refractivity contribution in [1.82, 2.24) is 24.5 Å². The molecule has 3 aromatic heterocycles. The Hall–Kier alpha value is -2.89. The number of hydrogen-bond acceptors (Lipinski definition) is 10. The average molecular weight is 485 g/mol. The van der Waals surface area contributed by atoms with E-state index in [1.807, 2.05) is 19.1 Å².